The SMILES string of the molecule is CC(C)CNC(C)c1ccco1. The Morgan fingerprint density at radius 1 is 1.42 bits per heavy atom. The molecule has 1 aromatic heterocycles. The van der Waals surface area contributed by atoms with Crippen LogP contribution in [0, 0.1) is 5.92 Å². The van der Waals surface area contributed by atoms with E-state index in [4.69, 9.17) is 4.42 Å². The Labute approximate surface area is 74.0 Å². The van der Waals surface area contributed by atoms with Crippen LogP contribution in [0.4, 0.5) is 0 Å². The molecule has 0 aliphatic rings. The fourth-order valence-electron chi connectivity index (χ4n) is 1.05. The Morgan fingerprint density at radius 2 is 2.17 bits per heavy atom. The highest BCUT2D eigenvalue weighted by atomic mass is 16.3. The number of nitrogens with one attached hydrogen (secondary N) is 1. The largest absolute Gasteiger partial charge is 0.468 e. The van der Waals surface area contributed by atoms with Crippen molar-refractivity contribution in [3.8, 4) is 0 Å². The van der Waals surface area contributed by atoms with E-state index in [0.717, 1.165) is 12.3 Å². The van der Waals surface area contributed by atoms with E-state index in [9.17, 15) is 0 Å². The molecule has 0 bridgehead atoms. The summed E-state index contributed by atoms with van der Waals surface area (Å²) in [5.41, 5.74) is 0. The number of rotatable bonds is 4. The second kappa shape index (κ2) is 4.31. The Morgan fingerprint density at radius 3 is 2.67 bits per heavy atom. The lowest BCUT2D eigenvalue weighted by atomic mass is 10.2. The molecule has 0 saturated carbocycles. The van der Waals surface area contributed by atoms with Crippen LogP contribution in [0.1, 0.15) is 32.6 Å². The first kappa shape index (κ1) is 9.33. The lowest BCUT2D eigenvalue weighted by molar-refractivity contribution is 0.412. The molecular formula is C10H17NO. The molecule has 0 aromatic carbocycles. The highest BCUT2D eigenvalue weighted by Gasteiger charge is 2.06. The molecule has 0 amide bonds. The fourth-order valence-corrected chi connectivity index (χ4v) is 1.05. The molecule has 68 valence electrons. The van der Waals surface area contributed by atoms with Gasteiger partial charge < -0.3 is 9.73 Å². The highest BCUT2D eigenvalue weighted by molar-refractivity contribution is 5.02. The quantitative estimate of drug-likeness (QED) is 0.745. The van der Waals surface area contributed by atoms with Crippen molar-refractivity contribution >= 4 is 0 Å². The Balaban J connectivity index is 2.34. The van der Waals surface area contributed by atoms with E-state index in [1.54, 1.807) is 6.26 Å². The van der Waals surface area contributed by atoms with Crippen molar-refractivity contribution in [2.75, 3.05) is 6.54 Å². The third kappa shape index (κ3) is 2.70. The molecule has 2 nitrogen and oxygen atoms in total. The van der Waals surface area contributed by atoms with Gasteiger partial charge in [0.05, 0.1) is 12.3 Å². The van der Waals surface area contributed by atoms with Gasteiger partial charge in [0.15, 0.2) is 0 Å². The van der Waals surface area contributed by atoms with E-state index in [1.165, 1.54) is 0 Å². The second-order valence-electron chi connectivity index (χ2n) is 3.54. The van der Waals surface area contributed by atoms with Gasteiger partial charge in [-0.05, 0) is 31.5 Å². The van der Waals surface area contributed by atoms with Crippen LogP contribution in [-0.2, 0) is 0 Å². The summed E-state index contributed by atoms with van der Waals surface area (Å²) in [6.45, 7) is 7.53. The molecule has 0 aliphatic heterocycles. The molecular weight excluding hydrogens is 150 g/mol. The topological polar surface area (TPSA) is 25.2 Å². The zero-order valence-corrected chi connectivity index (χ0v) is 8.00. The van der Waals surface area contributed by atoms with Gasteiger partial charge in [-0.3, -0.25) is 0 Å². The van der Waals surface area contributed by atoms with Gasteiger partial charge in [0.1, 0.15) is 5.76 Å². The van der Waals surface area contributed by atoms with Gasteiger partial charge >= 0.3 is 0 Å². The van der Waals surface area contributed by atoms with Crippen LogP contribution in [0.5, 0.6) is 0 Å². The van der Waals surface area contributed by atoms with Crippen LogP contribution < -0.4 is 5.32 Å². The number of furan rings is 1. The normalized spacial score (nSPS) is 13.7. The maximum atomic E-state index is 5.27. The molecule has 0 saturated heterocycles. The number of hydrogen-bond donors (Lipinski definition) is 1. The molecule has 1 rings (SSSR count). The van der Waals surface area contributed by atoms with E-state index < -0.39 is 0 Å². The predicted molar refractivity (Wildman–Crippen MR) is 50.0 cm³/mol. The Kier molecular flexibility index (Phi) is 3.35. The van der Waals surface area contributed by atoms with Crippen LogP contribution in [0.2, 0.25) is 0 Å². The average Bonchev–Trinajstić information content (AvgIpc) is 2.51. The van der Waals surface area contributed by atoms with E-state index >= 15 is 0 Å². The van der Waals surface area contributed by atoms with Crippen LogP contribution in [0.3, 0.4) is 0 Å². The van der Waals surface area contributed by atoms with Crippen molar-refractivity contribution in [2.24, 2.45) is 5.92 Å². The van der Waals surface area contributed by atoms with E-state index in [2.05, 4.69) is 26.1 Å². The maximum Gasteiger partial charge on any atom is 0.120 e. The summed E-state index contributed by atoms with van der Waals surface area (Å²) in [6.07, 6.45) is 1.71. The van der Waals surface area contributed by atoms with Gasteiger partial charge in [-0.25, -0.2) is 0 Å². The van der Waals surface area contributed by atoms with Gasteiger partial charge in [-0.2, -0.15) is 0 Å². The molecule has 2 heteroatoms. The lowest BCUT2D eigenvalue weighted by Crippen LogP contribution is -2.22. The van der Waals surface area contributed by atoms with E-state index in [0.29, 0.717) is 12.0 Å². The van der Waals surface area contributed by atoms with Crippen molar-refractivity contribution in [3.63, 3.8) is 0 Å². The standard InChI is InChI=1S/C10H17NO/c1-8(2)7-11-9(3)10-5-4-6-12-10/h4-6,8-9,11H,7H2,1-3H3. The van der Waals surface area contributed by atoms with E-state index in [1.807, 2.05) is 12.1 Å². The molecule has 0 spiro atoms. The summed E-state index contributed by atoms with van der Waals surface area (Å²) >= 11 is 0. The predicted octanol–water partition coefficient (Wildman–Crippen LogP) is 2.59. The summed E-state index contributed by atoms with van der Waals surface area (Å²) in [5, 5.41) is 3.39. The molecule has 0 aliphatic carbocycles. The van der Waals surface area contributed by atoms with Crippen LogP contribution in [-0.4, -0.2) is 6.54 Å². The minimum absolute atomic E-state index is 0.322. The summed E-state index contributed by atoms with van der Waals surface area (Å²) in [6, 6.07) is 4.24. The highest BCUT2D eigenvalue weighted by Crippen LogP contribution is 2.11. The Hall–Kier alpha value is -0.760. The van der Waals surface area contributed by atoms with Crippen molar-refractivity contribution in [2.45, 2.75) is 26.8 Å². The summed E-state index contributed by atoms with van der Waals surface area (Å²) in [4.78, 5) is 0. The summed E-state index contributed by atoms with van der Waals surface area (Å²) in [7, 11) is 0. The van der Waals surface area contributed by atoms with Crippen LogP contribution >= 0.6 is 0 Å². The first-order chi connectivity index (χ1) is 5.70. The summed E-state index contributed by atoms with van der Waals surface area (Å²) in [5.74, 6) is 1.69. The van der Waals surface area contributed by atoms with Gasteiger partial charge in [0.25, 0.3) is 0 Å². The molecule has 1 N–H and O–H groups in total. The lowest BCUT2D eigenvalue weighted by Gasteiger charge is -2.12. The molecule has 12 heavy (non-hydrogen) atoms. The second-order valence-corrected chi connectivity index (χ2v) is 3.54. The van der Waals surface area contributed by atoms with Crippen LogP contribution in [0.15, 0.2) is 22.8 Å². The number of hydrogen-bond acceptors (Lipinski definition) is 2. The Bertz CT molecular complexity index is 204. The molecule has 0 fully saturated rings. The molecule has 1 aromatic rings. The fraction of sp³-hybridized carbons (Fsp3) is 0.600. The average molecular weight is 167 g/mol. The minimum Gasteiger partial charge on any atom is -0.468 e. The molecule has 0 radical (unpaired) electrons. The monoisotopic (exact) mass is 167 g/mol. The molecule has 1 unspecified atom stereocenters. The van der Waals surface area contributed by atoms with Crippen molar-refractivity contribution in [3.05, 3.63) is 24.2 Å². The van der Waals surface area contributed by atoms with Gasteiger partial charge in [-0.15, -0.1) is 0 Å². The van der Waals surface area contributed by atoms with Gasteiger partial charge in [0.2, 0.25) is 0 Å². The van der Waals surface area contributed by atoms with Crippen LogP contribution in [0.25, 0.3) is 0 Å². The summed E-state index contributed by atoms with van der Waals surface area (Å²) < 4.78 is 5.27. The maximum absolute atomic E-state index is 5.27. The van der Waals surface area contributed by atoms with Crippen molar-refractivity contribution in [1.82, 2.24) is 5.32 Å². The third-order valence-electron chi connectivity index (χ3n) is 1.80. The van der Waals surface area contributed by atoms with E-state index in [-0.39, 0.29) is 0 Å². The molecule has 1 atom stereocenters. The minimum atomic E-state index is 0.322. The van der Waals surface area contributed by atoms with Crippen molar-refractivity contribution in [1.29, 1.82) is 0 Å². The molecule has 1 heterocycles. The third-order valence-corrected chi connectivity index (χ3v) is 1.80. The smallest absolute Gasteiger partial charge is 0.120 e. The zero-order chi connectivity index (χ0) is 8.97. The van der Waals surface area contributed by atoms with Crippen molar-refractivity contribution < 1.29 is 4.42 Å². The van der Waals surface area contributed by atoms with Gasteiger partial charge in [0, 0.05) is 0 Å². The first-order valence-corrected chi connectivity index (χ1v) is 4.47. The van der Waals surface area contributed by atoms with Gasteiger partial charge in [-0.1, -0.05) is 13.8 Å². The first-order valence-electron chi connectivity index (χ1n) is 4.47. The zero-order valence-electron chi connectivity index (χ0n) is 8.00.